The molecule has 3 rings (SSSR count). The number of benzene rings is 2. The van der Waals surface area contributed by atoms with E-state index >= 15 is 0 Å². The van der Waals surface area contributed by atoms with Gasteiger partial charge in [0.15, 0.2) is 11.7 Å². The quantitative estimate of drug-likeness (QED) is 0.515. The smallest absolute Gasteiger partial charge is 0.270 e. The molecule has 0 saturated carbocycles. The minimum atomic E-state index is -0.473. The van der Waals surface area contributed by atoms with Gasteiger partial charge in [-0.2, -0.15) is 5.26 Å². The maximum atomic E-state index is 12.0. The van der Waals surface area contributed by atoms with Gasteiger partial charge in [-0.15, -0.1) is 11.3 Å². The van der Waals surface area contributed by atoms with E-state index in [0.29, 0.717) is 27.7 Å². The molecule has 1 heterocycles. The number of nitriles is 1. The van der Waals surface area contributed by atoms with Crippen molar-refractivity contribution >= 4 is 28.1 Å². The molecule has 0 aliphatic carbocycles. The number of hydrogen-bond donors (Lipinski definition) is 1. The highest BCUT2D eigenvalue weighted by Gasteiger charge is 2.12. The van der Waals surface area contributed by atoms with Gasteiger partial charge in [-0.1, -0.05) is 12.1 Å². The highest BCUT2D eigenvalue weighted by molar-refractivity contribution is 7.14. The van der Waals surface area contributed by atoms with Crippen molar-refractivity contribution in [2.45, 2.75) is 0 Å². The van der Waals surface area contributed by atoms with Gasteiger partial charge in [-0.3, -0.25) is 20.2 Å². The molecule has 1 N–H and O–H groups in total. The van der Waals surface area contributed by atoms with Crippen molar-refractivity contribution in [1.82, 2.24) is 4.98 Å². The number of nitro benzene ring substituents is 1. The minimum absolute atomic E-state index is 0.0260. The van der Waals surface area contributed by atoms with Crippen LogP contribution in [0.2, 0.25) is 0 Å². The number of anilines is 1. The molecule has 8 nitrogen and oxygen atoms in total. The molecular weight excluding hydrogens is 368 g/mol. The maximum Gasteiger partial charge on any atom is 0.270 e. The van der Waals surface area contributed by atoms with Crippen molar-refractivity contribution in [3.63, 3.8) is 0 Å². The highest BCUT2D eigenvalue weighted by Crippen LogP contribution is 2.27. The lowest BCUT2D eigenvalue weighted by Gasteiger charge is -2.05. The van der Waals surface area contributed by atoms with Gasteiger partial charge in [0.2, 0.25) is 0 Å². The predicted octanol–water partition coefficient (Wildman–Crippen LogP) is 3.61. The third kappa shape index (κ3) is 4.65. The fourth-order valence-corrected chi connectivity index (χ4v) is 2.91. The summed E-state index contributed by atoms with van der Waals surface area (Å²) >= 11 is 1.21. The van der Waals surface area contributed by atoms with Crippen LogP contribution in [0.5, 0.6) is 5.75 Å². The normalized spacial score (nSPS) is 10.0. The number of carbonyl (C=O) groups excluding carboxylic acids is 1. The van der Waals surface area contributed by atoms with E-state index in [0.717, 1.165) is 0 Å². The summed E-state index contributed by atoms with van der Waals surface area (Å²) in [4.78, 5) is 26.6. The van der Waals surface area contributed by atoms with Crippen molar-refractivity contribution in [3.8, 4) is 23.1 Å². The molecule has 134 valence electrons. The fraction of sp³-hybridized carbons (Fsp3) is 0.0556. The second-order valence-corrected chi connectivity index (χ2v) is 6.18. The zero-order valence-corrected chi connectivity index (χ0v) is 14.6. The Morgan fingerprint density at radius 1 is 1.30 bits per heavy atom. The van der Waals surface area contributed by atoms with Gasteiger partial charge in [0.25, 0.3) is 11.6 Å². The molecule has 0 radical (unpaired) electrons. The van der Waals surface area contributed by atoms with Gasteiger partial charge in [0, 0.05) is 23.1 Å². The number of thiazole rings is 1. The number of amides is 1. The van der Waals surface area contributed by atoms with E-state index in [-0.39, 0.29) is 18.2 Å². The second kappa shape index (κ2) is 8.07. The van der Waals surface area contributed by atoms with E-state index in [1.165, 1.54) is 23.5 Å². The summed E-state index contributed by atoms with van der Waals surface area (Å²) in [6.07, 6.45) is 0. The number of nitrogens with one attached hydrogen (secondary N) is 1. The van der Waals surface area contributed by atoms with Crippen molar-refractivity contribution in [1.29, 1.82) is 5.26 Å². The summed E-state index contributed by atoms with van der Waals surface area (Å²) in [5.74, 6) is 0.0832. The minimum Gasteiger partial charge on any atom is -0.484 e. The van der Waals surface area contributed by atoms with Crippen LogP contribution in [0, 0.1) is 21.4 Å². The summed E-state index contributed by atoms with van der Waals surface area (Å²) < 4.78 is 5.35. The number of hydrogen-bond acceptors (Lipinski definition) is 7. The number of nitro groups is 1. The molecular formula is C18H12N4O4S. The number of non-ortho nitro benzene ring substituents is 1. The molecule has 0 aliphatic rings. The molecule has 0 bridgehead atoms. The Morgan fingerprint density at radius 3 is 2.78 bits per heavy atom. The van der Waals surface area contributed by atoms with Crippen LogP contribution in [0.25, 0.3) is 11.3 Å². The number of carbonyl (C=O) groups is 1. The van der Waals surface area contributed by atoms with Crippen LogP contribution < -0.4 is 10.1 Å². The molecule has 0 atom stereocenters. The van der Waals surface area contributed by atoms with Gasteiger partial charge in [-0.05, 0) is 24.3 Å². The largest absolute Gasteiger partial charge is 0.484 e. The fourth-order valence-electron chi connectivity index (χ4n) is 2.17. The van der Waals surface area contributed by atoms with Crippen LogP contribution >= 0.6 is 11.3 Å². The number of nitrogens with zero attached hydrogens (tertiary/aromatic N) is 3. The summed E-state index contributed by atoms with van der Waals surface area (Å²) in [5, 5.41) is 24.3. The molecule has 1 amide bonds. The third-order valence-electron chi connectivity index (χ3n) is 3.46. The molecule has 2 aromatic carbocycles. The first-order valence-corrected chi connectivity index (χ1v) is 8.56. The third-order valence-corrected chi connectivity index (χ3v) is 4.21. The van der Waals surface area contributed by atoms with Crippen molar-refractivity contribution in [3.05, 3.63) is 69.6 Å². The monoisotopic (exact) mass is 380 g/mol. The SMILES string of the molecule is N#Cc1ccc(OCC(=O)Nc2nc(-c3cccc([N+](=O)[O-])c3)cs2)cc1. The van der Waals surface area contributed by atoms with Gasteiger partial charge >= 0.3 is 0 Å². The summed E-state index contributed by atoms with van der Waals surface area (Å²) in [7, 11) is 0. The standard InChI is InChI=1S/C18H12N4O4S/c19-9-12-4-6-15(7-5-12)26-10-17(23)21-18-20-16(11-27-18)13-2-1-3-14(8-13)22(24)25/h1-8,11H,10H2,(H,20,21,23). The van der Waals surface area contributed by atoms with E-state index in [4.69, 9.17) is 10.00 Å². The topological polar surface area (TPSA) is 118 Å². The first-order valence-electron chi connectivity index (χ1n) is 7.68. The lowest BCUT2D eigenvalue weighted by atomic mass is 10.1. The first-order chi connectivity index (χ1) is 13.0. The van der Waals surface area contributed by atoms with Gasteiger partial charge in [0.05, 0.1) is 22.2 Å². The Balaban J connectivity index is 1.60. The van der Waals surface area contributed by atoms with Gasteiger partial charge in [-0.25, -0.2) is 4.98 Å². The van der Waals surface area contributed by atoms with Crippen LogP contribution in [-0.2, 0) is 4.79 Å². The Morgan fingerprint density at radius 2 is 2.07 bits per heavy atom. The molecule has 0 spiro atoms. The van der Waals surface area contributed by atoms with Gasteiger partial charge < -0.3 is 4.74 Å². The average molecular weight is 380 g/mol. The Labute approximate surface area is 157 Å². The van der Waals surface area contributed by atoms with E-state index in [1.54, 1.807) is 41.8 Å². The summed E-state index contributed by atoms with van der Waals surface area (Å²) in [6.45, 7) is -0.211. The first kappa shape index (κ1) is 18.0. The maximum absolute atomic E-state index is 12.0. The summed E-state index contributed by atoms with van der Waals surface area (Å²) in [6, 6.07) is 14.5. The molecule has 0 aliphatic heterocycles. The van der Waals surface area contributed by atoms with Crippen LogP contribution in [0.3, 0.4) is 0 Å². The number of aromatic nitrogens is 1. The Hall–Kier alpha value is -3.77. The molecule has 3 aromatic rings. The van der Waals surface area contributed by atoms with Crippen molar-refractivity contribution in [2.24, 2.45) is 0 Å². The zero-order chi connectivity index (χ0) is 19.2. The zero-order valence-electron chi connectivity index (χ0n) is 13.8. The second-order valence-electron chi connectivity index (χ2n) is 5.32. The van der Waals surface area contributed by atoms with Crippen LogP contribution in [0.15, 0.2) is 53.9 Å². The molecule has 27 heavy (non-hydrogen) atoms. The lowest BCUT2D eigenvalue weighted by Crippen LogP contribution is -2.20. The molecule has 0 unspecified atom stereocenters. The summed E-state index contributed by atoms with van der Waals surface area (Å²) in [5.41, 5.74) is 1.60. The van der Waals surface area contributed by atoms with E-state index in [2.05, 4.69) is 10.3 Å². The van der Waals surface area contributed by atoms with Gasteiger partial charge in [0.1, 0.15) is 5.75 Å². The average Bonchev–Trinajstić information content (AvgIpc) is 3.15. The van der Waals surface area contributed by atoms with Crippen molar-refractivity contribution < 1.29 is 14.5 Å². The van der Waals surface area contributed by atoms with E-state index in [9.17, 15) is 14.9 Å². The molecule has 0 fully saturated rings. The lowest BCUT2D eigenvalue weighted by molar-refractivity contribution is -0.384. The van der Waals surface area contributed by atoms with Crippen LogP contribution in [-0.4, -0.2) is 22.4 Å². The molecule has 0 saturated heterocycles. The highest BCUT2D eigenvalue weighted by atomic mass is 32.1. The molecule has 9 heteroatoms. The van der Waals surface area contributed by atoms with Crippen molar-refractivity contribution in [2.75, 3.05) is 11.9 Å². The molecule has 1 aromatic heterocycles. The predicted molar refractivity (Wildman–Crippen MR) is 99.5 cm³/mol. The van der Waals surface area contributed by atoms with E-state index < -0.39 is 4.92 Å². The van der Waals surface area contributed by atoms with E-state index in [1.807, 2.05) is 6.07 Å². The van der Waals surface area contributed by atoms with Crippen LogP contribution in [0.4, 0.5) is 10.8 Å². The number of rotatable bonds is 6. The number of ether oxygens (including phenoxy) is 1. The Kier molecular flexibility index (Phi) is 5.39. The Bertz CT molecular complexity index is 1020. The van der Waals surface area contributed by atoms with Crippen LogP contribution in [0.1, 0.15) is 5.56 Å².